The lowest BCUT2D eigenvalue weighted by Gasteiger charge is -2.21. The van der Waals surface area contributed by atoms with E-state index < -0.39 is 0 Å². The van der Waals surface area contributed by atoms with E-state index in [2.05, 4.69) is 10.6 Å². The zero-order valence-corrected chi connectivity index (χ0v) is 16.6. The van der Waals surface area contributed by atoms with E-state index in [1.54, 1.807) is 36.4 Å². The van der Waals surface area contributed by atoms with Crippen molar-refractivity contribution in [2.24, 2.45) is 11.8 Å². The number of rotatable bonds is 3. The SMILES string of the molecule is Cl.O=C(Nc1ccc(C(=O)N2CC[C@@H]3CNC[C@@H]3CC2)cc1)c1ccccc1. The number of hydrogen-bond acceptors (Lipinski definition) is 3. The number of benzene rings is 2. The van der Waals surface area contributed by atoms with Crippen LogP contribution in [0.1, 0.15) is 33.6 Å². The summed E-state index contributed by atoms with van der Waals surface area (Å²) in [5.74, 6) is 1.35. The van der Waals surface area contributed by atoms with Crippen molar-refractivity contribution in [1.29, 1.82) is 0 Å². The average molecular weight is 400 g/mol. The molecule has 2 atom stereocenters. The van der Waals surface area contributed by atoms with Crippen LogP contribution in [0.25, 0.3) is 0 Å². The number of amides is 2. The highest BCUT2D eigenvalue weighted by Gasteiger charge is 2.31. The summed E-state index contributed by atoms with van der Waals surface area (Å²) >= 11 is 0. The van der Waals surface area contributed by atoms with Crippen molar-refractivity contribution < 1.29 is 9.59 Å². The largest absolute Gasteiger partial charge is 0.339 e. The predicted molar refractivity (Wildman–Crippen MR) is 113 cm³/mol. The second kappa shape index (κ2) is 9.22. The molecule has 2 aromatic rings. The van der Waals surface area contributed by atoms with Gasteiger partial charge in [0, 0.05) is 29.9 Å². The normalized spacial score (nSPS) is 21.2. The maximum absolute atomic E-state index is 12.9. The van der Waals surface area contributed by atoms with Crippen LogP contribution in [0, 0.1) is 11.8 Å². The van der Waals surface area contributed by atoms with Crippen molar-refractivity contribution in [3.63, 3.8) is 0 Å². The maximum Gasteiger partial charge on any atom is 0.255 e. The number of fused-ring (bicyclic) bond motifs is 1. The van der Waals surface area contributed by atoms with Crippen molar-refractivity contribution in [3.05, 3.63) is 65.7 Å². The van der Waals surface area contributed by atoms with Gasteiger partial charge in [-0.2, -0.15) is 0 Å². The standard InChI is InChI=1S/C22H25N3O2.ClH/c26-21(16-4-2-1-3-5-16)24-20-8-6-17(7-9-20)22(27)25-12-10-18-14-23-15-19(18)11-13-25;/h1-9,18-19,23H,10-15H2,(H,24,26);1H/t18-,19+;. The number of anilines is 1. The molecule has 2 saturated heterocycles. The Bertz CT molecular complexity index is 796. The molecule has 2 aliphatic rings. The summed E-state index contributed by atoms with van der Waals surface area (Å²) in [5.41, 5.74) is 1.98. The van der Waals surface area contributed by atoms with E-state index in [1.807, 2.05) is 23.1 Å². The van der Waals surface area contributed by atoms with Crippen LogP contribution < -0.4 is 10.6 Å². The van der Waals surface area contributed by atoms with Crippen LogP contribution in [0.5, 0.6) is 0 Å². The molecule has 0 spiro atoms. The third-order valence-corrected chi connectivity index (χ3v) is 5.73. The summed E-state index contributed by atoms with van der Waals surface area (Å²) in [6.07, 6.45) is 2.16. The van der Waals surface area contributed by atoms with Crippen molar-refractivity contribution in [2.45, 2.75) is 12.8 Å². The molecule has 0 bridgehead atoms. The Morgan fingerprint density at radius 2 is 1.46 bits per heavy atom. The second-order valence-electron chi connectivity index (χ2n) is 7.45. The summed E-state index contributed by atoms with van der Waals surface area (Å²) in [6, 6.07) is 16.3. The van der Waals surface area contributed by atoms with Crippen molar-refractivity contribution >= 4 is 29.9 Å². The Hall–Kier alpha value is -2.37. The molecule has 0 aliphatic carbocycles. The Morgan fingerprint density at radius 1 is 0.857 bits per heavy atom. The summed E-state index contributed by atoms with van der Waals surface area (Å²) in [6.45, 7) is 3.83. The summed E-state index contributed by atoms with van der Waals surface area (Å²) in [4.78, 5) is 27.1. The van der Waals surface area contributed by atoms with E-state index in [4.69, 9.17) is 0 Å². The molecule has 2 aliphatic heterocycles. The van der Waals surface area contributed by atoms with Crippen molar-refractivity contribution in [1.82, 2.24) is 10.2 Å². The zero-order valence-electron chi connectivity index (χ0n) is 15.8. The molecule has 0 aromatic heterocycles. The van der Waals surface area contributed by atoms with Gasteiger partial charge in [0.15, 0.2) is 0 Å². The third kappa shape index (κ3) is 4.54. The summed E-state index contributed by atoms with van der Waals surface area (Å²) in [7, 11) is 0. The van der Waals surface area contributed by atoms with Crippen LogP contribution in [0.3, 0.4) is 0 Å². The van der Waals surface area contributed by atoms with Gasteiger partial charge in [0.1, 0.15) is 0 Å². The molecular weight excluding hydrogens is 374 g/mol. The fourth-order valence-electron chi connectivity index (χ4n) is 4.09. The molecule has 0 saturated carbocycles. The first-order chi connectivity index (χ1) is 13.2. The number of halogens is 1. The van der Waals surface area contributed by atoms with E-state index >= 15 is 0 Å². The van der Waals surface area contributed by atoms with Gasteiger partial charge in [-0.1, -0.05) is 18.2 Å². The lowest BCUT2D eigenvalue weighted by Crippen LogP contribution is -2.32. The van der Waals surface area contributed by atoms with E-state index in [1.165, 1.54) is 0 Å². The lowest BCUT2D eigenvalue weighted by atomic mass is 9.92. The van der Waals surface area contributed by atoms with Gasteiger partial charge in [0.25, 0.3) is 11.8 Å². The number of nitrogens with one attached hydrogen (secondary N) is 2. The van der Waals surface area contributed by atoms with Gasteiger partial charge in [-0.3, -0.25) is 9.59 Å². The highest BCUT2D eigenvalue weighted by Crippen LogP contribution is 2.27. The molecule has 2 heterocycles. The molecule has 0 radical (unpaired) electrons. The molecule has 4 rings (SSSR count). The Balaban J connectivity index is 0.00000225. The first-order valence-electron chi connectivity index (χ1n) is 9.67. The van der Waals surface area contributed by atoms with Gasteiger partial charge >= 0.3 is 0 Å². The van der Waals surface area contributed by atoms with E-state index in [9.17, 15) is 9.59 Å². The molecule has 5 nitrogen and oxygen atoms in total. The predicted octanol–water partition coefficient (Wildman–Crippen LogP) is 3.43. The number of carbonyl (C=O) groups is 2. The lowest BCUT2D eigenvalue weighted by molar-refractivity contribution is 0.0758. The molecule has 2 N–H and O–H groups in total. The highest BCUT2D eigenvalue weighted by atomic mass is 35.5. The van der Waals surface area contributed by atoms with Crippen molar-refractivity contribution in [3.8, 4) is 0 Å². The molecule has 2 amide bonds. The van der Waals surface area contributed by atoms with E-state index in [0.717, 1.165) is 39.0 Å². The number of nitrogens with zero attached hydrogens (tertiary/aromatic N) is 1. The average Bonchev–Trinajstić information content (AvgIpc) is 3.07. The number of likely N-dealkylation sites (tertiary alicyclic amines) is 1. The van der Waals surface area contributed by atoms with Crippen LogP contribution in [0.2, 0.25) is 0 Å². The third-order valence-electron chi connectivity index (χ3n) is 5.73. The van der Waals surface area contributed by atoms with Crippen LogP contribution in [-0.4, -0.2) is 42.9 Å². The minimum absolute atomic E-state index is 0. The molecule has 2 aromatic carbocycles. The quantitative estimate of drug-likeness (QED) is 0.831. The van der Waals surface area contributed by atoms with Crippen LogP contribution in [0.4, 0.5) is 5.69 Å². The zero-order chi connectivity index (χ0) is 18.6. The van der Waals surface area contributed by atoms with Crippen LogP contribution in [-0.2, 0) is 0 Å². The molecule has 0 unspecified atom stereocenters. The van der Waals surface area contributed by atoms with Crippen LogP contribution >= 0.6 is 12.4 Å². The minimum atomic E-state index is -0.151. The highest BCUT2D eigenvalue weighted by molar-refractivity contribution is 6.04. The molecular formula is C22H26ClN3O2. The molecule has 148 valence electrons. The van der Waals surface area contributed by atoms with Gasteiger partial charge in [0.05, 0.1) is 0 Å². The number of carbonyl (C=O) groups excluding carboxylic acids is 2. The summed E-state index contributed by atoms with van der Waals surface area (Å²) in [5, 5.41) is 6.33. The molecule has 6 heteroatoms. The Labute approximate surface area is 171 Å². The second-order valence-corrected chi connectivity index (χ2v) is 7.45. The van der Waals surface area contributed by atoms with Crippen LogP contribution in [0.15, 0.2) is 54.6 Å². The number of hydrogen-bond donors (Lipinski definition) is 2. The fraction of sp³-hybridized carbons (Fsp3) is 0.364. The van der Waals surface area contributed by atoms with E-state index in [-0.39, 0.29) is 24.2 Å². The summed E-state index contributed by atoms with van der Waals surface area (Å²) < 4.78 is 0. The van der Waals surface area contributed by atoms with E-state index in [0.29, 0.717) is 28.7 Å². The topological polar surface area (TPSA) is 61.4 Å². The smallest absolute Gasteiger partial charge is 0.255 e. The first kappa shape index (κ1) is 20.4. The Morgan fingerprint density at radius 3 is 2.07 bits per heavy atom. The van der Waals surface area contributed by atoms with Gasteiger partial charge in [-0.15, -0.1) is 12.4 Å². The van der Waals surface area contributed by atoms with Gasteiger partial charge in [0.2, 0.25) is 0 Å². The Kier molecular flexibility index (Phi) is 6.70. The minimum Gasteiger partial charge on any atom is -0.339 e. The molecule has 2 fully saturated rings. The van der Waals surface area contributed by atoms with Gasteiger partial charge < -0.3 is 15.5 Å². The monoisotopic (exact) mass is 399 g/mol. The molecule has 28 heavy (non-hydrogen) atoms. The van der Waals surface area contributed by atoms with Gasteiger partial charge in [-0.05, 0) is 74.2 Å². The first-order valence-corrected chi connectivity index (χ1v) is 9.67. The fourth-order valence-corrected chi connectivity index (χ4v) is 4.09. The maximum atomic E-state index is 12.9. The van der Waals surface area contributed by atoms with Crippen molar-refractivity contribution in [2.75, 3.05) is 31.5 Å². The van der Waals surface area contributed by atoms with Gasteiger partial charge in [-0.25, -0.2) is 0 Å².